The minimum atomic E-state index is -0.720. The normalized spacial score (nSPS) is 17.7. The summed E-state index contributed by atoms with van der Waals surface area (Å²) in [6.45, 7) is 0.532. The number of carbonyl (C=O) groups excluding carboxylic acids is 2. The molecule has 1 unspecified atom stereocenters. The van der Waals surface area contributed by atoms with Gasteiger partial charge in [-0.3, -0.25) is 14.6 Å². The van der Waals surface area contributed by atoms with Gasteiger partial charge in [0.2, 0.25) is 11.8 Å². The van der Waals surface area contributed by atoms with Gasteiger partial charge in [-0.1, -0.05) is 36.4 Å². The highest BCUT2D eigenvalue weighted by Gasteiger charge is 2.37. The molecule has 32 heavy (non-hydrogen) atoms. The number of hydrogen-bond acceptors (Lipinski definition) is 5. The van der Waals surface area contributed by atoms with Crippen molar-refractivity contribution in [2.45, 2.75) is 43.8 Å². The van der Waals surface area contributed by atoms with Crippen LogP contribution in [0.15, 0.2) is 67.3 Å². The van der Waals surface area contributed by atoms with Crippen molar-refractivity contribution in [1.82, 2.24) is 25.2 Å². The van der Waals surface area contributed by atoms with E-state index in [9.17, 15) is 9.59 Å². The van der Waals surface area contributed by atoms with Crippen molar-refractivity contribution in [2.24, 2.45) is 5.73 Å². The van der Waals surface area contributed by atoms with Gasteiger partial charge in [0, 0.05) is 43.2 Å². The Morgan fingerprint density at radius 2 is 1.97 bits per heavy atom. The Labute approximate surface area is 187 Å². The summed E-state index contributed by atoms with van der Waals surface area (Å²) < 4.78 is 0. The molecule has 0 saturated carbocycles. The van der Waals surface area contributed by atoms with Crippen molar-refractivity contribution in [1.29, 1.82) is 0 Å². The fourth-order valence-corrected chi connectivity index (χ4v) is 4.17. The van der Waals surface area contributed by atoms with Crippen molar-refractivity contribution in [3.05, 3.63) is 84.2 Å². The number of aromatic amines is 1. The summed E-state index contributed by atoms with van der Waals surface area (Å²) in [6, 6.07) is 14.1. The largest absolute Gasteiger partial charge is 0.348 e. The Balaban J connectivity index is 1.46. The van der Waals surface area contributed by atoms with Crippen molar-refractivity contribution < 1.29 is 9.59 Å². The lowest BCUT2D eigenvalue weighted by Crippen LogP contribution is -2.52. The van der Waals surface area contributed by atoms with Crippen LogP contribution in [-0.4, -0.2) is 50.3 Å². The van der Waals surface area contributed by atoms with Gasteiger partial charge in [0.1, 0.15) is 6.04 Å². The van der Waals surface area contributed by atoms with Gasteiger partial charge >= 0.3 is 0 Å². The summed E-state index contributed by atoms with van der Waals surface area (Å²) in [5.41, 5.74) is 8.85. The van der Waals surface area contributed by atoms with Crippen LogP contribution in [0.4, 0.5) is 0 Å². The van der Waals surface area contributed by atoms with E-state index in [-0.39, 0.29) is 17.9 Å². The monoisotopic (exact) mass is 432 g/mol. The van der Waals surface area contributed by atoms with E-state index >= 15 is 0 Å². The van der Waals surface area contributed by atoms with Crippen molar-refractivity contribution in [3.63, 3.8) is 0 Å². The van der Waals surface area contributed by atoms with Gasteiger partial charge in [0.05, 0.1) is 18.4 Å². The molecule has 0 bridgehead atoms. The average molecular weight is 433 g/mol. The maximum absolute atomic E-state index is 13.3. The molecular weight excluding hydrogens is 404 g/mol. The minimum Gasteiger partial charge on any atom is -0.348 e. The molecule has 2 aromatic heterocycles. The van der Waals surface area contributed by atoms with E-state index in [4.69, 9.17) is 5.73 Å². The fraction of sp³-hybridized carbons (Fsp3) is 0.333. The number of amides is 2. The van der Waals surface area contributed by atoms with Crippen LogP contribution in [0, 0.1) is 0 Å². The highest BCUT2D eigenvalue weighted by molar-refractivity contribution is 5.90. The lowest BCUT2D eigenvalue weighted by molar-refractivity contribution is -0.139. The number of nitrogens with two attached hydrogens (primary N) is 1. The molecule has 166 valence electrons. The first kappa shape index (κ1) is 21.7. The molecule has 4 rings (SSSR count). The standard InChI is InChI=1S/C24H28N6O2/c25-20(13-19-15-26-16-28-19)24(32)30-12-6-10-22(30)23(31)29-21(17-7-2-1-3-8-17)14-18-9-4-5-11-27-18/h1-5,7-9,11,15-16,20-22H,6,10,12-14,25H2,(H,26,28)(H,29,31)/t20-,21?,22-/m0/s1. The van der Waals surface area contributed by atoms with Crippen LogP contribution in [0.3, 0.4) is 0 Å². The van der Waals surface area contributed by atoms with Crippen molar-refractivity contribution in [2.75, 3.05) is 6.54 Å². The van der Waals surface area contributed by atoms with Crippen molar-refractivity contribution >= 4 is 11.8 Å². The Morgan fingerprint density at radius 1 is 1.16 bits per heavy atom. The SMILES string of the molecule is N[C@@H](Cc1cnc[nH]1)C(=O)N1CCC[C@H]1C(=O)NC(Cc1ccccn1)c1ccccc1. The number of pyridine rings is 1. The van der Waals surface area contributed by atoms with Gasteiger partial charge in [-0.25, -0.2) is 4.98 Å². The number of aromatic nitrogens is 3. The number of likely N-dealkylation sites (tertiary alicyclic amines) is 1. The Kier molecular flexibility index (Phi) is 6.91. The molecule has 0 aliphatic carbocycles. The first-order valence-corrected chi connectivity index (χ1v) is 10.9. The van der Waals surface area contributed by atoms with E-state index in [2.05, 4.69) is 20.3 Å². The van der Waals surface area contributed by atoms with Crippen LogP contribution in [-0.2, 0) is 22.4 Å². The number of benzene rings is 1. The van der Waals surface area contributed by atoms with Gasteiger partial charge in [0.15, 0.2) is 0 Å². The van der Waals surface area contributed by atoms with Crippen LogP contribution in [0.25, 0.3) is 0 Å². The molecule has 2 amide bonds. The molecule has 1 aromatic carbocycles. The topological polar surface area (TPSA) is 117 Å². The lowest BCUT2D eigenvalue weighted by Gasteiger charge is -2.28. The van der Waals surface area contributed by atoms with Crippen LogP contribution in [0.2, 0.25) is 0 Å². The molecule has 3 heterocycles. The Bertz CT molecular complexity index is 1010. The highest BCUT2D eigenvalue weighted by Crippen LogP contribution is 2.22. The summed E-state index contributed by atoms with van der Waals surface area (Å²) >= 11 is 0. The Hall–Kier alpha value is -3.52. The third-order valence-corrected chi connectivity index (χ3v) is 5.81. The Morgan fingerprint density at radius 3 is 2.69 bits per heavy atom. The van der Waals surface area contributed by atoms with Gasteiger partial charge in [-0.05, 0) is 30.5 Å². The van der Waals surface area contributed by atoms with Gasteiger partial charge in [0.25, 0.3) is 0 Å². The number of carbonyl (C=O) groups is 2. The number of imidazole rings is 1. The second-order valence-corrected chi connectivity index (χ2v) is 8.07. The third kappa shape index (κ3) is 5.20. The smallest absolute Gasteiger partial charge is 0.243 e. The summed E-state index contributed by atoms with van der Waals surface area (Å²) in [7, 11) is 0. The second-order valence-electron chi connectivity index (χ2n) is 8.07. The molecule has 1 saturated heterocycles. The number of nitrogens with one attached hydrogen (secondary N) is 2. The first-order chi connectivity index (χ1) is 15.6. The molecular formula is C24H28N6O2. The molecule has 4 N–H and O–H groups in total. The van der Waals surface area contributed by atoms with E-state index < -0.39 is 12.1 Å². The zero-order valence-electron chi connectivity index (χ0n) is 17.9. The van der Waals surface area contributed by atoms with Crippen LogP contribution < -0.4 is 11.1 Å². The molecule has 8 nitrogen and oxygen atoms in total. The number of rotatable bonds is 8. The number of H-pyrrole nitrogens is 1. The van der Waals surface area contributed by atoms with E-state index in [1.807, 2.05) is 48.5 Å². The molecule has 3 aromatic rings. The maximum atomic E-state index is 13.3. The summed E-state index contributed by atoms with van der Waals surface area (Å²) in [5, 5.41) is 3.16. The molecule has 1 fully saturated rings. The van der Waals surface area contributed by atoms with Crippen LogP contribution in [0.5, 0.6) is 0 Å². The number of hydrogen-bond donors (Lipinski definition) is 3. The summed E-state index contributed by atoms with van der Waals surface area (Å²) in [6.07, 6.45) is 7.29. The van der Waals surface area contributed by atoms with E-state index in [1.54, 1.807) is 23.6 Å². The van der Waals surface area contributed by atoms with Crippen LogP contribution in [0.1, 0.15) is 35.8 Å². The molecule has 3 atom stereocenters. The third-order valence-electron chi connectivity index (χ3n) is 5.81. The molecule has 8 heteroatoms. The first-order valence-electron chi connectivity index (χ1n) is 10.9. The number of nitrogens with zero attached hydrogens (tertiary/aromatic N) is 3. The maximum Gasteiger partial charge on any atom is 0.243 e. The molecule has 0 spiro atoms. The fourth-order valence-electron chi connectivity index (χ4n) is 4.17. The second kappa shape index (κ2) is 10.2. The molecule has 1 aliphatic rings. The van der Waals surface area contributed by atoms with Gasteiger partial charge < -0.3 is 20.9 Å². The van der Waals surface area contributed by atoms with Gasteiger partial charge in [-0.15, -0.1) is 0 Å². The molecule has 1 aliphatic heterocycles. The summed E-state index contributed by atoms with van der Waals surface area (Å²) in [4.78, 5) is 39.3. The minimum absolute atomic E-state index is 0.158. The molecule has 0 radical (unpaired) electrons. The van der Waals surface area contributed by atoms with E-state index in [0.29, 0.717) is 25.8 Å². The van der Waals surface area contributed by atoms with Crippen molar-refractivity contribution in [3.8, 4) is 0 Å². The lowest BCUT2D eigenvalue weighted by atomic mass is 10.0. The van der Waals surface area contributed by atoms with Crippen LogP contribution >= 0.6 is 0 Å². The predicted molar refractivity (Wildman–Crippen MR) is 120 cm³/mol. The summed E-state index contributed by atoms with van der Waals surface area (Å²) in [5.74, 6) is -0.368. The zero-order valence-corrected chi connectivity index (χ0v) is 17.9. The predicted octanol–water partition coefficient (Wildman–Crippen LogP) is 1.77. The average Bonchev–Trinajstić information content (AvgIpc) is 3.51. The zero-order chi connectivity index (χ0) is 22.3. The highest BCUT2D eigenvalue weighted by atomic mass is 16.2. The van der Waals surface area contributed by atoms with Gasteiger partial charge in [-0.2, -0.15) is 0 Å². The van der Waals surface area contributed by atoms with E-state index in [1.165, 1.54) is 0 Å². The quantitative estimate of drug-likeness (QED) is 0.502. The van der Waals surface area contributed by atoms with E-state index in [0.717, 1.165) is 23.4 Å².